The van der Waals surface area contributed by atoms with Crippen LogP contribution in [0.5, 0.6) is 0 Å². The average molecular weight is 255 g/mol. The molecule has 3 heteroatoms. The van der Waals surface area contributed by atoms with Crippen LogP contribution in [-0.2, 0) is 0 Å². The fourth-order valence-corrected chi connectivity index (χ4v) is 3.29. The molecule has 1 saturated carbocycles. The van der Waals surface area contributed by atoms with Crippen molar-refractivity contribution in [2.75, 3.05) is 40.8 Å². The van der Waals surface area contributed by atoms with Crippen molar-refractivity contribution >= 4 is 0 Å². The van der Waals surface area contributed by atoms with Gasteiger partial charge in [0.15, 0.2) is 0 Å². The van der Waals surface area contributed by atoms with Crippen LogP contribution in [0.4, 0.5) is 0 Å². The predicted octanol–water partition coefficient (Wildman–Crippen LogP) is 2.17. The van der Waals surface area contributed by atoms with Gasteiger partial charge in [0.05, 0.1) is 0 Å². The number of likely N-dealkylation sites (N-methyl/N-ethyl adjacent to an activating group) is 2. The third kappa shape index (κ3) is 3.25. The first-order valence-electron chi connectivity index (χ1n) is 7.50. The lowest BCUT2D eigenvalue weighted by atomic mass is 9.74. The topological polar surface area (TPSA) is 32.5 Å². The van der Waals surface area contributed by atoms with E-state index < -0.39 is 0 Å². The summed E-state index contributed by atoms with van der Waals surface area (Å²) >= 11 is 0. The second kappa shape index (κ2) is 6.36. The lowest BCUT2D eigenvalue weighted by Crippen LogP contribution is -2.58. The smallest absolute Gasteiger partial charge is 0.0330 e. The normalized spacial score (nSPS) is 19.3. The Hall–Kier alpha value is -0.120. The molecule has 0 radical (unpaired) electrons. The summed E-state index contributed by atoms with van der Waals surface area (Å²) in [6.45, 7) is 7.66. The van der Waals surface area contributed by atoms with Gasteiger partial charge in [-0.25, -0.2) is 0 Å². The largest absolute Gasteiger partial charge is 0.330 e. The monoisotopic (exact) mass is 255 g/mol. The van der Waals surface area contributed by atoms with Gasteiger partial charge in [0.2, 0.25) is 0 Å². The highest BCUT2D eigenvalue weighted by Gasteiger charge is 2.40. The van der Waals surface area contributed by atoms with Gasteiger partial charge in [-0.15, -0.1) is 0 Å². The van der Waals surface area contributed by atoms with E-state index in [2.05, 4.69) is 44.8 Å². The van der Waals surface area contributed by atoms with Gasteiger partial charge >= 0.3 is 0 Å². The van der Waals surface area contributed by atoms with E-state index in [4.69, 9.17) is 5.73 Å². The molecular formula is C15H33N3. The first kappa shape index (κ1) is 15.9. The molecule has 2 N–H and O–H groups in total. The van der Waals surface area contributed by atoms with Crippen molar-refractivity contribution in [3.8, 4) is 0 Å². The molecule has 3 nitrogen and oxygen atoms in total. The summed E-state index contributed by atoms with van der Waals surface area (Å²) in [4.78, 5) is 4.94. The molecule has 1 aliphatic rings. The fraction of sp³-hybridized carbons (Fsp3) is 1.00. The minimum absolute atomic E-state index is 0.312. The Morgan fingerprint density at radius 2 is 1.67 bits per heavy atom. The predicted molar refractivity (Wildman–Crippen MR) is 79.8 cm³/mol. The van der Waals surface area contributed by atoms with E-state index in [9.17, 15) is 0 Å². The third-order valence-corrected chi connectivity index (χ3v) is 5.34. The first-order valence-corrected chi connectivity index (χ1v) is 7.50. The Kier molecular flexibility index (Phi) is 5.63. The van der Waals surface area contributed by atoms with E-state index in [0.717, 1.165) is 13.1 Å². The molecule has 0 aromatic heterocycles. The van der Waals surface area contributed by atoms with E-state index >= 15 is 0 Å². The summed E-state index contributed by atoms with van der Waals surface area (Å²) in [6, 6.07) is 0. The van der Waals surface area contributed by atoms with Gasteiger partial charge in [0.1, 0.15) is 0 Å². The number of nitrogens with zero attached hydrogens (tertiary/aromatic N) is 2. The van der Waals surface area contributed by atoms with Crippen molar-refractivity contribution in [1.29, 1.82) is 0 Å². The second-order valence-corrected chi connectivity index (χ2v) is 6.56. The molecule has 0 saturated heterocycles. The lowest BCUT2D eigenvalue weighted by molar-refractivity contribution is 0.0153. The zero-order valence-electron chi connectivity index (χ0n) is 13.1. The van der Waals surface area contributed by atoms with Gasteiger partial charge < -0.3 is 15.5 Å². The molecule has 1 fully saturated rings. The summed E-state index contributed by atoms with van der Waals surface area (Å²) in [7, 11) is 6.71. The lowest BCUT2D eigenvalue weighted by Gasteiger charge is -2.50. The maximum atomic E-state index is 6.01. The van der Waals surface area contributed by atoms with Gasteiger partial charge in [-0.1, -0.05) is 13.8 Å². The highest BCUT2D eigenvalue weighted by atomic mass is 15.2. The van der Waals surface area contributed by atoms with Crippen molar-refractivity contribution < 1.29 is 0 Å². The van der Waals surface area contributed by atoms with Crippen LogP contribution in [0.3, 0.4) is 0 Å². The highest BCUT2D eigenvalue weighted by molar-refractivity contribution is 4.98. The van der Waals surface area contributed by atoms with E-state index in [0.29, 0.717) is 11.0 Å². The average Bonchev–Trinajstić information content (AvgIpc) is 2.30. The van der Waals surface area contributed by atoms with Crippen LogP contribution in [0.15, 0.2) is 0 Å². The summed E-state index contributed by atoms with van der Waals surface area (Å²) in [6.07, 6.45) is 6.44. The van der Waals surface area contributed by atoms with E-state index in [-0.39, 0.29) is 0 Å². The van der Waals surface area contributed by atoms with Crippen molar-refractivity contribution in [3.05, 3.63) is 0 Å². The molecule has 0 amide bonds. The molecule has 0 aliphatic heterocycles. The first-order chi connectivity index (χ1) is 8.43. The van der Waals surface area contributed by atoms with E-state index in [1.54, 1.807) is 0 Å². The molecule has 0 unspecified atom stereocenters. The summed E-state index contributed by atoms with van der Waals surface area (Å²) in [5.41, 5.74) is 6.75. The van der Waals surface area contributed by atoms with E-state index in [1.807, 2.05) is 0 Å². The number of nitrogens with two attached hydrogens (primary N) is 1. The third-order valence-electron chi connectivity index (χ3n) is 5.34. The minimum atomic E-state index is 0.312. The maximum Gasteiger partial charge on any atom is 0.0330 e. The quantitative estimate of drug-likeness (QED) is 0.721. The molecule has 0 spiro atoms. The van der Waals surface area contributed by atoms with Crippen molar-refractivity contribution in [2.24, 2.45) is 11.1 Å². The minimum Gasteiger partial charge on any atom is -0.330 e. The Morgan fingerprint density at radius 1 is 1.11 bits per heavy atom. The van der Waals surface area contributed by atoms with Crippen molar-refractivity contribution in [3.63, 3.8) is 0 Å². The van der Waals surface area contributed by atoms with Crippen LogP contribution in [-0.4, -0.2) is 56.1 Å². The van der Waals surface area contributed by atoms with Crippen LogP contribution in [0, 0.1) is 5.41 Å². The molecule has 0 aromatic rings. The number of hydrogen-bond donors (Lipinski definition) is 1. The van der Waals surface area contributed by atoms with Gasteiger partial charge in [0, 0.05) is 18.6 Å². The van der Waals surface area contributed by atoms with Crippen LogP contribution < -0.4 is 5.73 Å². The molecule has 18 heavy (non-hydrogen) atoms. The van der Waals surface area contributed by atoms with Crippen LogP contribution in [0.25, 0.3) is 0 Å². The summed E-state index contributed by atoms with van der Waals surface area (Å²) in [5, 5.41) is 0. The molecule has 108 valence electrons. The summed E-state index contributed by atoms with van der Waals surface area (Å²) < 4.78 is 0. The molecule has 0 bridgehead atoms. The SMILES string of the molecule is CCC(CC)(CN)CN(C)CC1(N(C)C)CCC1. The van der Waals surface area contributed by atoms with Crippen molar-refractivity contribution in [1.82, 2.24) is 9.80 Å². The summed E-state index contributed by atoms with van der Waals surface area (Å²) in [5.74, 6) is 0. The Morgan fingerprint density at radius 3 is 1.94 bits per heavy atom. The standard InChI is InChI=1S/C15H33N3/c1-6-14(7-2,11-16)12-18(5)13-15(17(3)4)9-8-10-15/h6-13,16H2,1-5H3. The number of hydrogen-bond acceptors (Lipinski definition) is 3. The van der Waals surface area contributed by atoms with Gasteiger partial charge in [0.25, 0.3) is 0 Å². The Labute approximate surface area is 114 Å². The number of rotatable bonds is 8. The molecular weight excluding hydrogens is 222 g/mol. The fourth-order valence-electron chi connectivity index (χ4n) is 3.29. The van der Waals surface area contributed by atoms with E-state index in [1.165, 1.54) is 38.6 Å². The van der Waals surface area contributed by atoms with Gasteiger partial charge in [-0.05, 0) is 65.2 Å². The molecule has 0 aromatic carbocycles. The molecule has 1 aliphatic carbocycles. The molecule has 0 atom stereocenters. The van der Waals surface area contributed by atoms with Crippen LogP contribution in [0.1, 0.15) is 46.0 Å². The zero-order chi connectivity index (χ0) is 13.8. The highest BCUT2D eigenvalue weighted by Crippen LogP contribution is 2.37. The Bertz CT molecular complexity index is 222. The Balaban J connectivity index is 2.57. The second-order valence-electron chi connectivity index (χ2n) is 6.56. The van der Waals surface area contributed by atoms with Crippen molar-refractivity contribution in [2.45, 2.75) is 51.5 Å². The molecule has 1 rings (SSSR count). The maximum absolute atomic E-state index is 6.01. The van der Waals surface area contributed by atoms with Gasteiger partial charge in [-0.3, -0.25) is 0 Å². The zero-order valence-corrected chi connectivity index (χ0v) is 13.1. The van der Waals surface area contributed by atoms with Crippen LogP contribution >= 0.6 is 0 Å². The van der Waals surface area contributed by atoms with Gasteiger partial charge in [-0.2, -0.15) is 0 Å². The van der Waals surface area contributed by atoms with Crippen LogP contribution in [0.2, 0.25) is 0 Å². The molecule has 0 heterocycles.